The van der Waals surface area contributed by atoms with Gasteiger partial charge in [0, 0.05) is 35.7 Å². The van der Waals surface area contributed by atoms with Gasteiger partial charge < -0.3 is 9.47 Å². The largest absolute Gasteiger partial charge is 0.332 e. The average molecular weight is 428 g/mol. The molecule has 0 saturated heterocycles. The monoisotopic (exact) mass is 427 g/mol. The van der Waals surface area contributed by atoms with E-state index in [0.29, 0.717) is 18.6 Å². The Labute approximate surface area is 188 Å². The summed E-state index contributed by atoms with van der Waals surface area (Å²) in [6.07, 6.45) is 7.11. The third kappa shape index (κ3) is 3.49. The van der Waals surface area contributed by atoms with Crippen molar-refractivity contribution in [2.45, 2.75) is 56.8 Å². The fourth-order valence-corrected chi connectivity index (χ4v) is 5.42. The summed E-state index contributed by atoms with van der Waals surface area (Å²) in [5.74, 6) is 6.10. The molecule has 2 fully saturated rings. The van der Waals surface area contributed by atoms with Crippen LogP contribution in [0.3, 0.4) is 0 Å². The van der Waals surface area contributed by atoms with Crippen molar-refractivity contribution in [2.75, 3.05) is 0 Å². The number of nitrogens with one attached hydrogen (secondary N) is 1. The lowest BCUT2D eigenvalue weighted by Gasteiger charge is -2.37. The number of rotatable bonds is 5. The Morgan fingerprint density at radius 2 is 1.75 bits per heavy atom. The molecule has 3 aromatic rings. The summed E-state index contributed by atoms with van der Waals surface area (Å²) in [7, 11) is 0. The highest BCUT2D eigenvalue weighted by Gasteiger charge is 2.42. The average Bonchev–Trinajstić information content (AvgIpc) is 3.47. The Bertz CT molecular complexity index is 1180. The van der Waals surface area contributed by atoms with E-state index in [1.54, 1.807) is 5.12 Å². The third-order valence-electron chi connectivity index (χ3n) is 7.10. The van der Waals surface area contributed by atoms with Crippen molar-refractivity contribution in [1.82, 2.24) is 20.0 Å². The molecule has 2 aromatic carbocycles. The Balaban J connectivity index is 1.36. The highest BCUT2D eigenvalue weighted by molar-refractivity contribution is 5.99. The van der Waals surface area contributed by atoms with Crippen LogP contribution in [0.1, 0.15) is 48.2 Å². The van der Waals surface area contributed by atoms with Gasteiger partial charge in [-0.05, 0) is 55.4 Å². The van der Waals surface area contributed by atoms with Gasteiger partial charge in [-0.1, -0.05) is 48.5 Å². The van der Waals surface area contributed by atoms with Gasteiger partial charge in [0.1, 0.15) is 5.69 Å². The van der Waals surface area contributed by atoms with Crippen molar-refractivity contribution in [3.8, 4) is 0 Å². The quantitative estimate of drug-likeness (QED) is 0.608. The van der Waals surface area contributed by atoms with Crippen LogP contribution in [0.4, 0.5) is 0 Å². The molecule has 32 heavy (non-hydrogen) atoms. The lowest BCUT2D eigenvalue weighted by atomic mass is 9.86. The van der Waals surface area contributed by atoms with E-state index in [2.05, 4.69) is 63.4 Å². The van der Waals surface area contributed by atoms with Crippen LogP contribution in [0.5, 0.6) is 0 Å². The Kier molecular flexibility index (Phi) is 4.77. The number of nitrogens with two attached hydrogens (primary N) is 1. The minimum atomic E-state index is 0.166. The standard InChI is InChI=1S/C26H29N5O/c27-30-17-20-14-22(12-13-23(20)28-30)31(21-10-11-21)26(32)25-15-19-8-4-5-9-24(19)29(25)16-18-6-2-1-3-7-18/h1-9,15,17,21-23,28H,10-14,16,27H2. The molecule has 1 amide bonds. The number of nitrogens with zero attached hydrogens (tertiary/aromatic N) is 3. The predicted octanol–water partition coefficient (Wildman–Crippen LogP) is 3.79. The maximum absolute atomic E-state index is 14.1. The van der Waals surface area contributed by atoms with Gasteiger partial charge in [0.25, 0.3) is 5.91 Å². The van der Waals surface area contributed by atoms with Gasteiger partial charge in [-0.2, -0.15) is 0 Å². The van der Waals surface area contributed by atoms with Gasteiger partial charge >= 0.3 is 0 Å². The molecule has 6 heteroatoms. The van der Waals surface area contributed by atoms with Crippen molar-refractivity contribution in [2.24, 2.45) is 5.84 Å². The number of carbonyl (C=O) groups excluding carboxylic acids is 1. The molecule has 0 radical (unpaired) electrons. The van der Waals surface area contributed by atoms with Crippen LogP contribution < -0.4 is 11.3 Å². The summed E-state index contributed by atoms with van der Waals surface area (Å²) < 4.78 is 2.20. The zero-order chi connectivity index (χ0) is 21.7. The minimum absolute atomic E-state index is 0.166. The molecule has 6 nitrogen and oxygen atoms in total. The summed E-state index contributed by atoms with van der Waals surface area (Å²) >= 11 is 0. The fourth-order valence-electron chi connectivity index (χ4n) is 5.42. The fraction of sp³-hybridized carbons (Fsp3) is 0.346. The highest BCUT2D eigenvalue weighted by Crippen LogP contribution is 2.38. The van der Waals surface area contributed by atoms with E-state index in [1.165, 1.54) is 11.1 Å². The van der Waals surface area contributed by atoms with Crippen molar-refractivity contribution in [3.05, 3.63) is 83.7 Å². The first-order valence-corrected chi connectivity index (χ1v) is 11.6. The van der Waals surface area contributed by atoms with Gasteiger partial charge in [0.15, 0.2) is 0 Å². The molecule has 2 saturated carbocycles. The molecule has 2 atom stereocenters. The summed E-state index contributed by atoms with van der Waals surface area (Å²) in [6.45, 7) is 0.692. The number of hydrogen-bond acceptors (Lipinski definition) is 4. The zero-order valence-electron chi connectivity index (χ0n) is 18.2. The van der Waals surface area contributed by atoms with Crippen LogP contribution >= 0.6 is 0 Å². The molecule has 164 valence electrons. The van der Waals surface area contributed by atoms with E-state index in [9.17, 15) is 4.79 Å². The van der Waals surface area contributed by atoms with Crippen LogP contribution in [0, 0.1) is 0 Å². The van der Waals surface area contributed by atoms with Crippen molar-refractivity contribution in [3.63, 3.8) is 0 Å². The number of carbonyl (C=O) groups is 1. The normalized spacial score (nSPS) is 22.7. The topological polar surface area (TPSA) is 66.5 Å². The van der Waals surface area contributed by atoms with Crippen LogP contribution in [0.2, 0.25) is 0 Å². The number of para-hydroxylation sites is 1. The molecule has 0 spiro atoms. The van der Waals surface area contributed by atoms with E-state index in [1.807, 2.05) is 18.3 Å². The van der Waals surface area contributed by atoms with Gasteiger partial charge in [-0.15, -0.1) is 0 Å². The number of hydrogen-bond donors (Lipinski definition) is 2. The molecule has 3 aliphatic rings. The minimum Gasteiger partial charge on any atom is -0.332 e. The lowest BCUT2D eigenvalue weighted by molar-refractivity contribution is 0.0616. The van der Waals surface area contributed by atoms with E-state index >= 15 is 0 Å². The van der Waals surface area contributed by atoms with E-state index < -0.39 is 0 Å². The number of benzene rings is 2. The van der Waals surface area contributed by atoms with Gasteiger partial charge in [-0.3, -0.25) is 9.91 Å². The summed E-state index contributed by atoms with van der Waals surface area (Å²) in [5.41, 5.74) is 7.70. The molecule has 1 aromatic heterocycles. The number of amides is 1. The van der Waals surface area contributed by atoms with Crippen LogP contribution in [-0.4, -0.2) is 38.6 Å². The van der Waals surface area contributed by atoms with Crippen LogP contribution in [-0.2, 0) is 6.54 Å². The van der Waals surface area contributed by atoms with Crippen molar-refractivity contribution in [1.29, 1.82) is 0 Å². The van der Waals surface area contributed by atoms with Crippen LogP contribution in [0.15, 0.2) is 72.4 Å². The maximum Gasteiger partial charge on any atom is 0.271 e. The molecule has 0 bridgehead atoms. The Morgan fingerprint density at radius 1 is 1.00 bits per heavy atom. The first kappa shape index (κ1) is 19.6. The lowest BCUT2D eigenvalue weighted by Crippen LogP contribution is -2.48. The zero-order valence-corrected chi connectivity index (χ0v) is 18.2. The molecule has 2 heterocycles. The predicted molar refractivity (Wildman–Crippen MR) is 125 cm³/mol. The molecule has 1 aliphatic heterocycles. The van der Waals surface area contributed by atoms with Gasteiger partial charge in [-0.25, -0.2) is 11.3 Å². The molecule has 3 N–H and O–H groups in total. The molecule has 6 rings (SSSR count). The summed E-state index contributed by atoms with van der Waals surface area (Å²) in [5, 5.41) is 2.69. The second-order valence-corrected chi connectivity index (χ2v) is 9.33. The molecular formula is C26H29N5O. The molecule has 2 unspecified atom stereocenters. The second kappa shape index (κ2) is 7.80. The first-order valence-electron chi connectivity index (χ1n) is 11.6. The SMILES string of the molecule is NN1C=C2CC(N(C(=O)c3cc4ccccc4n3Cc3ccccc3)C3CC3)CCC2N1. The van der Waals surface area contributed by atoms with Gasteiger partial charge in [0.2, 0.25) is 0 Å². The van der Waals surface area contributed by atoms with Crippen molar-refractivity contribution < 1.29 is 4.79 Å². The van der Waals surface area contributed by atoms with E-state index in [-0.39, 0.29) is 11.9 Å². The molecule has 2 aliphatic carbocycles. The van der Waals surface area contributed by atoms with E-state index in [0.717, 1.165) is 48.7 Å². The number of hydrazine groups is 2. The number of aromatic nitrogens is 1. The Morgan fingerprint density at radius 3 is 2.56 bits per heavy atom. The van der Waals surface area contributed by atoms with E-state index in [4.69, 9.17) is 5.84 Å². The summed E-state index contributed by atoms with van der Waals surface area (Å²) in [6, 6.07) is 21.7. The van der Waals surface area contributed by atoms with Crippen molar-refractivity contribution >= 4 is 16.8 Å². The number of fused-ring (bicyclic) bond motifs is 2. The Hall–Kier alpha value is -3.09. The third-order valence-corrected chi connectivity index (χ3v) is 7.10. The highest BCUT2D eigenvalue weighted by atomic mass is 16.2. The molecular weight excluding hydrogens is 398 g/mol. The smallest absolute Gasteiger partial charge is 0.271 e. The first-order chi connectivity index (χ1) is 15.7. The maximum atomic E-state index is 14.1. The van der Waals surface area contributed by atoms with Crippen LogP contribution in [0.25, 0.3) is 10.9 Å². The van der Waals surface area contributed by atoms with Gasteiger partial charge in [0.05, 0.1) is 6.04 Å². The second-order valence-electron chi connectivity index (χ2n) is 9.33. The summed E-state index contributed by atoms with van der Waals surface area (Å²) in [4.78, 5) is 16.3.